The van der Waals surface area contributed by atoms with Crippen LogP contribution in [0.15, 0.2) is 53.4 Å². The van der Waals surface area contributed by atoms with Crippen molar-refractivity contribution in [3.8, 4) is 6.07 Å². The summed E-state index contributed by atoms with van der Waals surface area (Å²) in [5.41, 5.74) is 0.691. The Kier molecular flexibility index (Phi) is 4.59. The second kappa shape index (κ2) is 6.40. The van der Waals surface area contributed by atoms with E-state index < -0.39 is 27.7 Å². The van der Waals surface area contributed by atoms with Gasteiger partial charge in [0.2, 0.25) is 0 Å². The van der Waals surface area contributed by atoms with Gasteiger partial charge in [0.05, 0.1) is 33.4 Å². The van der Waals surface area contributed by atoms with E-state index >= 15 is 0 Å². The summed E-state index contributed by atoms with van der Waals surface area (Å²) in [7, 11) is -1.76. The second-order valence-electron chi connectivity index (χ2n) is 4.13. The van der Waals surface area contributed by atoms with Gasteiger partial charge < -0.3 is 0 Å². The van der Waals surface area contributed by atoms with Crippen LogP contribution in [0, 0.1) is 23.0 Å². The molecule has 2 nitrogen and oxygen atoms in total. The zero-order valence-corrected chi connectivity index (χ0v) is 11.2. The van der Waals surface area contributed by atoms with Gasteiger partial charge in [-0.2, -0.15) is 5.26 Å². The Morgan fingerprint density at radius 2 is 1.85 bits per heavy atom. The van der Waals surface area contributed by atoms with Crippen LogP contribution in [0.5, 0.6) is 0 Å². The number of hydrogen-bond acceptors (Lipinski definition) is 2. The first kappa shape index (κ1) is 14.4. The molecule has 2 aromatic rings. The summed E-state index contributed by atoms with van der Waals surface area (Å²) in [6, 6.07) is 13.7. The molecule has 0 aliphatic carbocycles. The fourth-order valence-electron chi connectivity index (χ4n) is 1.86. The molecule has 0 bridgehead atoms. The molecule has 0 N–H and O–H groups in total. The average Bonchev–Trinajstić information content (AvgIpc) is 2.45. The minimum atomic E-state index is -1.76. The SMILES string of the molecule is N#CCC(c1ccccc1)S(=O)c1ccc(F)cc1F. The number of rotatable bonds is 4. The van der Waals surface area contributed by atoms with Crippen LogP contribution < -0.4 is 0 Å². The molecule has 2 aromatic carbocycles. The standard InChI is InChI=1S/C15H11F2NOS/c16-12-6-7-15(13(17)10-12)20(19)14(8-9-18)11-4-2-1-3-5-11/h1-7,10,14H,8H2. The summed E-state index contributed by atoms with van der Waals surface area (Å²) in [5, 5.41) is 8.23. The van der Waals surface area contributed by atoms with E-state index in [2.05, 4.69) is 0 Å². The Morgan fingerprint density at radius 1 is 1.15 bits per heavy atom. The monoisotopic (exact) mass is 291 g/mol. The lowest BCUT2D eigenvalue weighted by Crippen LogP contribution is -2.08. The molecule has 5 heteroatoms. The third-order valence-corrected chi connectivity index (χ3v) is 4.54. The highest BCUT2D eigenvalue weighted by Crippen LogP contribution is 2.29. The number of nitrogens with zero attached hydrogens (tertiary/aromatic N) is 1. The van der Waals surface area contributed by atoms with E-state index in [1.165, 1.54) is 0 Å². The Balaban J connectivity index is 2.40. The summed E-state index contributed by atoms with van der Waals surface area (Å²) in [4.78, 5) is -0.0875. The number of halogens is 2. The minimum absolute atomic E-state index is 0.00651. The largest absolute Gasteiger partial charge is 0.254 e. The number of benzene rings is 2. The normalized spacial score (nSPS) is 13.4. The topological polar surface area (TPSA) is 40.9 Å². The van der Waals surface area contributed by atoms with Crippen LogP contribution in [0.2, 0.25) is 0 Å². The third-order valence-electron chi connectivity index (χ3n) is 2.82. The molecule has 0 aliphatic heterocycles. The van der Waals surface area contributed by atoms with Crippen molar-refractivity contribution in [1.82, 2.24) is 0 Å². The van der Waals surface area contributed by atoms with Crippen molar-refractivity contribution in [1.29, 1.82) is 5.26 Å². The maximum Gasteiger partial charge on any atom is 0.142 e. The van der Waals surface area contributed by atoms with Gasteiger partial charge in [0.25, 0.3) is 0 Å². The lowest BCUT2D eigenvalue weighted by atomic mass is 10.1. The van der Waals surface area contributed by atoms with Crippen molar-refractivity contribution in [3.63, 3.8) is 0 Å². The summed E-state index contributed by atoms with van der Waals surface area (Å²) in [5.74, 6) is -1.58. The molecule has 0 saturated carbocycles. The highest BCUT2D eigenvalue weighted by Gasteiger charge is 2.23. The quantitative estimate of drug-likeness (QED) is 0.861. The smallest absolute Gasteiger partial charge is 0.142 e. The highest BCUT2D eigenvalue weighted by molar-refractivity contribution is 7.85. The fourth-order valence-corrected chi connectivity index (χ4v) is 3.25. The molecule has 2 rings (SSSR count). The first-order valence-electron chi connectivity index (χ1n) is 5.91. The van der Waals surface area contributed by atoms with E-state index in [0.29, 0.717) is 11.6 Å². The van der Waals surface area contributed by atoms with Crippen LogP contribution in [0.25, 0.3) is 0 Å². The van der Waals surface area contributed by atoms with E-state index in [0.717, 1.165) is 12.1 Å². The van der Waals surface area contributed by atoms with E-state index in [4.69, 9.17) is 5.26 Å². The van der Waals surface area contributed by atoms with E-state index in [9.17, 15) is 13.0 Å². The van der Waals surface area contributed by atoms with Crippen molar-refractivity contribution < 1.29 is 13.0 Å². The molecule has 2 unspecified atom stereocenters. The number of hydrogen-bond donors (Lipinski definition) is 0. The zero-order chi connectivity index (χ0) is 14.5. The molecular formula is C15H11F2NOS. The average molecular weight is 291 g/mol. The Morgan fingerprint density at radius 3 is 2.45 bits per heavy atom. The van der Waals surface area contributed by atoms with Crippen LogP contribution in [-0.4, -0.2) is 4.21 Å². The van der Waals surface area contributed by atoms with Gasteiger partial charge in [-0.25, -0.2) is 8.78 Å². The highest BCUT2D eigenvalue weighted by atomic mass is 32.2. The maximum atomic E-state index is 13.7. The summed E-state index contributed by atoms with van der Waals surface area (Å²) in [6.45, 7) is 0. The Bertz CT molecular complexity index is 667. The first-order chi connectivity index (χ1) is 9.63. The molecule has 0 heterocycles. The van der Waals surface area contributed by atoms with Crippen LogP contribution in [-0.2, 0) is 10.8 Å². The minimum Gasteiger partial charge on any atom is -0.254 e. The molecule has 2 atom stereocenters. The van der Waals surface area contributed by atoms with Crippen molar-refractivity contribution in [2.75, 3.05) is 0 Å². The van der Waals surface area contributed by atoms with E-state index in [1.54, 1.807) is 30.3 Å². The van der Waals surface area contributed by atoms with Gasteiger partial charge in [-0.3, -0.25) is 4.21 Å². The van der Waals surface area contributed by atoms with Gasteiger partial charge in [-0.05, 0) is 17.7 Å². The van der Waals surface area contributed by atoms with Gasteiger partial charge in [0.15, 0.2) is 0 Å². The molecule has 20 heavy (non-hydrogen) atoms. The Hall–Kier alpha value is -2.06. The predicted molar refractivity (Wildman–Crippen MR) is 72.2 cm³/mol. The lowest BCUT2D eigenvalue weighted by Gasteiger charge is -2.14. The van der Waals surface area contributed by atoms with Crippen molar-refractivity contribution >= 4 is 10.8 Å². The molecule has 0 radical (unpaired) electrons. The second-order valence-corrected chi connectivity index (χ2v) is 5.74. The van der Waals surface area contributed by atoms with E-state index in [1.807, 2.05) is 6.07 Å². The van der Waals surface area contributed by atoms with Gasteiger partial charge in [-0.1, -0.05) is 30.3 Å². The molecule has 0 amide bonds. The molecule has 0 saturated heterocycles. The third kappa shape index (κ3) is 3.09. The van der Waals surface area contributed by atoms with Crippen molar-refractivity contribution in [2.45, 2.75) is 16.6 Å². The van der Waals surface area contributed by atoms with Crippen LogP contribution in [0.3, 0.4) is 0 Å². The summed E-state index contributed by atoms with van der Waals surface area (Å²) in [6.07, 6.45) is -0.00651. The van der Waals surface area contributed by atoms with E-state index in [-0.39, 0.29) is 11.3 Å². The fraction of sp³-hybridized carbons (Fsp3) is 0.133. The summed E-state index contributed by atoms with van der Waals surface area (Å²) >= 11 is 0. The molecular weight excluding hydrogens is 280 g/mol. The van der Waals surface area contributed by atoms with Crippen LogP contribution in [0.1, 0.15) is 17.2 Å². The van der Waals surface area contributed by atoms with Crippen molar-refractivity contribution in [3.05, 3.63) is 65.7 Å². The first-order valence-corrected chi connectivity index (χ1v) is 7.12. The molecule has 0 fully saturated rings. The van der Waals surface area contributed by atoms with Crippen LogP contribution in [0.4, 0.5) is 8.78 Å². The lowest BCUT2D eigenvalue weighted by molar-refractivity contribution is 0.561. The van der Waals surface area contributed by atoms with Crippen molar-refractivity contribution in [2.24, 2.45) is 0 Å². The molecule has 102 valence electrons. The maximum absolute atomic E-state index is 13.7. The van der Waals surface area contributed by atoms with Gasteiger partial charge in [0, 0.05) is 6.07 Å². The summed E-state index contributed by atoms with van der Waals surface area (Å²) < 4.78 is 39.1. The zero-order valence-electron chi connectivity index (χ0n) is 10.4. The Labute approximate surface area is 118 Å². The molecule has 0 aliphatic rings. The molecule has 0 spiro atoms. The van der Waals surface area contributed by atoms with Gasteiger partial charge in [-0.15, -0.1) is 0 Å². The molecule has 0 aromatic heterocycles. The van der Waals surface area contributed by atoms with Gasteiger partial charge >= 0.3 is 0 Å². The van der Waals surface area contributed by atoms with Gasteiger partial charge in [0.1, 0.15) is 11.6 Å². The number of nitriles is 1. The predicted octanol–water partition coefficient (Wildman–Crippen LogP) is 3.73. The van der Waals surface area contributed by atoms with Crippen LogP contribution >= 0.6 is 0 Å².